The van der Waals surface area contributed by atoms with E-state index in [0.29, 0.717) is 24.5 Å². The number of nitrogens with zero attached hydrogens (tertiary/aromatic N) is 3. The van der Waals surface area contributed by atoms with Gasteiger partial charge >= 0.3 is 0 Å². The lowest BCUT2D eigenvalue weighted by Gasteiger charge is -2.32. The van der Waals surface area contributed by atoms with Crippen LogP contribution in [0.4, 0.5) is 11.4 Å². The van der Waals surface area contributed by atoms with Crippen LogP contribution in [0.5, 0.6) is 0 Å². The summed E-state index contributed by atoms with van der Waals surface area (Å²) in [7, 11) is 2.02. The minimum atomic E-state index is -0.423. The predicted octanol–water partition coefficient (Wildman–Crippen LogP) is 1.68. The summed E-state index contributed by atoms with van der Waals surface area (Å²) in [4.78, 5) is 44.5. The van der Waals surface area contributed by atoms with E-state index < -0.39 is 5.91 Å². The molecular weight excluding hydrogens is 358 g/mol. The van der Waals surface area contributed by atoms with Gasteiger partial charge in [-0.2, -0.15) is 0 Å². The Morgan fingerprint density at radius 3 is 2.18 bits per heavy atom. The van der Waals surface area contributed by atoms with E-state index in [0.717, 1.165) is 13.1 Å². The summed E-state index contributed by atoms with van der Waals surface area (Å²) in [5.74, 6) is -0.788. The van der Waals surface area contributed by atoms with E-state index >= 15 is 0 Å². The number of anilines is 2. The molecule has 2 aromatic rings. The van der Waals surface area contributed by atoms with Crippen LogP contribution in [0.15, 0.2) is 42.5 Å². The Morgan fingerprint density at radius 1 is 0.893 bits per heavy atom. The largest absolute Gasteiger partial charge is 0.335 e. The number of carbonyl (C=O) groups is 3. The number of rotatable bonds is 4. The lowest BCUT2D eigenvalue weighted by atomic mass is 10.2. The minimum absolute atomic E-state index is 0.157. The summed E-state index contributed by atoms with van der Waals surface area (Å²) in [6.07, 6.45) is 0. The maximum atomic E-state index is 12.7. The molecule has 1 aliphatic heterocycles. The molecule has 3 rings (SSSR count). The molecule has 28 heavy (non-hydrogen) atoms. The summed E-state index contributed by atoms with van der Waals surface area (Å²) in [6, 6.07) is 11.6. The monoisotopic (exact) mass is 381 g/mol. The zero-order valence-corrected chi connectivity index (χ0v) is 15.9. The maximum Gasteiger partial charge on any atom is 0.274 e. The summed E-state index contributed by atoms with van der Waals surface area (Å²) >= 11 is 0. The zero-order valence-electron chi connectivity index (χ0n) is 15.9. The molecule has 0 bridgehead atoms. The van der Waals surface area contributed by atoms with Crippen molar-refractivity contribution < 1.29 is 14.4 Å². The second-order valence-electron chi connectivity index (χ2n) is 6.72. The van der Waals surface area contributed by atoms with Crippen LogP contribution in [0.25, 0.3) is 0 Å². The molecule has 1 aromatic heterocycles. The van der Waals surface area contributed by atoms with E-state index in [4.69, 9.17) is 0 Å². The van der Waals surface area contributed by atoms with Crippen LogP contribution in [0.3, 0.4) is 0 Å². The summed E-state index contributed by atoms with van der Waals surface area (Å²) in [6.45, 7) is 4.33. The molecule has 2 heterocycles. The van der Waals surface area contributed by atoms with E-state index in [1.807, 2.05) is 7.05 Å². The molecule has 0 atom stereocenters. The number of hydrogen-bond acceptors (Lipinski definition) is 5. The molecule has 1 saturated heterocycles. The Bertz CT molecular complexity index is 891. The molecule has 1 fully saturated rings. The minimum Gasteiger partial charge on any atom is -0.335 e. The average Bonchev–Trinajstić information content (AvgIpc) is 2.68. The Kier molecular flexibility index (Phi) is 6.00. The summed E-state index contributed by atoms with van der Waals surface area (Å²) in [5, 5.41) is 5.40. The van der Waals surface area contributed by atoms with Gasteiger partial charge in [0.25, 0.3) is 11.8 Å². The molecule has 146 valence electrons. The number of piperazine rings is 1. The first-order valence-corrected chi connectivity index (χ1v) is 9.06. The number of carbonyl (C=O) groups excluding carboxylic acids is 3. The maximum absolute atomic E-state index is 12.7. The van der Waals surface area contributed by atoms with Crippen molar-refractivity contribution in [2.75, 3.05) is 43.9 Å². The van der Waals surface area contributed by atoms with Crippen molar-refractivity contribution in [3.8, 4) is 0 Å². The third kappa shape index (κ3) is 4.92. The quantitative estimate of drug-likeness (QED) is 0.840. The van der Waals surface area contributed by atoms with Gasteiger partial charge in [0, 0.05) is 44.5 Å². The second-order valence-corrected chi connectivity index (χ2v) is 6.72. The molecule has 8 nitrogen and oxygen atoms in total. The SMILES string of the molecule is CC(=O)Nc1cccc(NC(=O)c2cccc(C(=O)N3CCN(C)CC3)n2)c1. The highest BCUT2D eigenvalue weighted by Gasteiger charge is 2.22. The van der Waals surface area contributed by atoms with Gasteiger partial charge in [0.1, 0.15) is 11.4 Å². The molecule has 8 heteroatoms. The van der Waals surface area contributed by atoms with Crippen molar-refractivity contribution in [2.45, 2.75) is 6.92 Å². The summed E-state index contributed by atoms with van der Waals surface area (Å²) in [5.41, 5.74) is 1.51. The van der Waals surface area contributed by atoms with Gasteiger partial charge in [-0.3, -0.25) is 14.4 Å². The van der Waals surface area contributed by atoms with Crippen LogP contribution < -0.4 is 10.6 Å². The number of hydrogen-bond donors (Lipinski definition) is 2. The average molecular weight is 381 g/mol. The second kappa shape index (κ2) is 8.62. The number of nitrogens with one attached hydrogen (secondary N) is 2. The van der Waals surface area contributed by atoms with Crippen molar-refractivity contribution in [1.29, 1.82) is 0 Å². The van der Waals surface area contributed by atoms with E-state index in [1.165, 1.54) is 6.92 Å². The van der Waals surface area contributed by atoms with E-state index in [2.05, 4.69) is 20.5 Å². The van der Waals surface area contributed by atoms with E-state index in [1.54, 1.807) is 47.4 Å². The van der Waals surface area contributed by atoms with Crippen LogP contribution in [0.2, 0.25) is 0 Å². The lowest BCUT2D eigenvalue weighted by molar-refractivity contribution is -0.114. The van der Waals surface area contributed by atoms with Gasteiger partial charge < -0.3 is 20.4 Å². The van der Waals surface area contributed by atoms with Crippen molar-refractivity contribution in [2.24, 2.45) is 0 Å². The van der Waals surface area contributed by atoms with Gasteiger partial charge in [-0.1, -0.05) is 12.1 Å². The van der Waals surface area contributed by atoms with Gasteiger partial charge in [-0.25, -0.2) is 4.98 Å². The fourth-order valence-electron chi connectivity index (χ4n) is 2.92. The van der Waals surface area contributed by atoms with Gasteiger partial charge in [0.05, 0.1) is 0 Å². The molecule has 0 spiro atoms. The Morgan fingerprint density at radius 2 is 1.50 bits per heavy atom. The fraction of sp³-hybridized carbons (Fsp3) is 0.300. The highest BCUT2D eigenvalue weighted by molar-refractivity contribution is 6.04. The van der Waals surface area contributed by atoms with Crippen LogP contribution in [0.1, 0.15) is 27.9 Å². The molecule has 3 amide bonds. The normalized spacial score (nSPS) is 14.4. The molecule has 1 aliphatic rings. The number of pyridine rings is 1. The Labute approximate surface area is 163 Å². The highest BCUT2D eigenvalue weighted by atomic mass is 16.2. The molecular formula is C20H23N5O3. The standard InChI is InChI=1S/C20H23N5O3/c1-14(26)21-15-5-3-6-16(13-15)22-19(27)17-7-4-8-18(23-17)20(28)25-11-9-24(2)10-12-25/h3-8,13H,9-12H2,1-2H3,(H,21,26)(H,22,27). The van der Waals surface area contributed by atoms with Crippen LogP contribution in [0, 0.1) is 0 Å². The Balaban J connectivity index is 1.70. The predicted molar refractivity (Wildman–Crippen MR) is 106 cm³/mol. The first-order chi connectivity index (χ1) is 13.4. The number of likely N-dealkylation sites (N-methyl/N-ethyl adjacent to an activating group) is 1. The van der Waals surface area contributed by atoms with Crippen molar-refractivity contribution in [3.05, 3.63) is 53.9 Å². The number of benzene rings is 1. The molecule has 0 aliphatic carbocycles. The van der Waals surface area contributed by atoms with E-state index in [-0.39, 0.29) is 23.2 Å². The third-order valence-corrected chi connectivity index (χ3v) is 4.43. The highest BCUT2D eigenvalue weighted by Crippen LogP contribution is 2.16. The molecule has 0 unspecified atom stereocenters. The third-order valence-electron chi connectivity index (χ3n) is 4.43. The smallest absolute Gasteiger partial charge is 0.274 e. The zero-order chi connectivity index (χ0) is 20.1. The molecule has 2 N–H and O–H groups in total. The molecule has 1 aromatic carbocycles. The van der Waals surface area contributed by atoms with Crippen LogP contribution >= 0.6 is 0 Å². The first-order valence-electron chi connectivity index (χ1n) is 9.06. The Hall–Kier alpha value is -3.26. The molecule has 0 saturated carbocycles. The van der Waals surface area contributed by atoms with Crippen molar-refractivity contribution in [3.63, 3.8) is 0 Å². The van der Waals surface area contributed by atoms with E-state index in [9.17, 15) is 14.4 Å². The van der Waals surface area contributed by atoms with Crippen molar-refractivity contribution >= 4 is 29.1 Å². The van der Waals surface area contributed by atoms with Crippen LogP contribution in [-0.2, 0) is 4.79 Å². The number of aromatic nitrogens is 1. The van der Waals surface area contributed by atoms with Gasteiger partial charge in [0.2, 0.25) is 5.91 Å². The first kappa shape index (κ1) is 19.5. The van der Waals surface area contributed by atoms with Gasteiger partial charge in [-0.05, 0) is 37.4 Å². The topological polar surface area (TPSA) is 94.6 Å². The van der Waals surface area contributed by atoms with Gasteiger partial charge in [-0.15, -0.1) is 0 Å². The fourth-order valence-corrected chi connectivity index (χ4v) is 2.92. The van der Waals surface area contributed by atoms with Crippen LogP contribution in [-0.4, -0.2) is 65.7 Å². The summed E-state index contributed by atoms with van der Waals surface area (Å²) < 4.78 is 0. The lowest BCUT2D eigenvalue weighted by Crippen LogP contribution is -2.47. The van der Waals surface area contributed by atoms with Gasteiger partial charge in [0.15, 0.2) is 0 Å². The van der Waals surface area contributed by atoms with Crippen molar-refractivity contribution in [1.82, 2.24) is 14.8 Å². The molecule has 0 radical (unpaired) electrons. The number of amides is 3.